The lowest BCUT2D eigenvalue weighted by Crippen LogP contribution is -2.45. The van der Waals surface area contributed by atoms with Crippen LogP contribution in [0.15, 0.2) is 29.4 Å². The van der Waals surface area contributed by atoms with Gasteiger partial charge in [-0.05, 0) is 12.5 Å². The number of ether oxygens (including phenoxy) is 1. The number of carbonyl (C=O) groups excluding carboxylic acids is 1. The van der Waals surface area contributed by atoms with Crippen LogP contribution in [0.5, 0.6) is 0 Å². The summed E-state index contributed by atoms with van der Waals surface area (Å²) in [6.45, 7) is 4.78. The Kier molecular flexibility index (Phi) is 7.21. The van der Waals surface area contributed by atoms with Crippen molar-refractivity contribution >= 4 is 29.9 Å². The number of piperidine rings is 1. The molecule has 1 fully saturated rings. The molecule has 0 atom stereocenters. The highest BCUT2D eigenvalue weighted by Gasteiger charge is 2.42. The molecule has 2 aliphatic heterocycles. The maximum absolute atomic E-state index is 11.5. The van der Waals surface area contributed by atoms with E-state index in [0.29, 0.717) is 18.6 Å². The number of amidine groups is 1. The molecule has 1 aromatic rings. The molecule has 3 N–H and O–H groups in total. The number of benzene rings is 1. The van der Waals surface area contributed by atoms with Gasteiger partial charge >= 0.3 is 5.97 Å². The van der Waals surface area contributed by atoms with Crippen molar-refractivity contribution in [2.45, 2.75) is 38.2 Å². The van der Waals surface area contributed by atoms with Crippen LogP contribution in [0.4, 0.5) is 0 Å². The molecule has 0 aromatic heterocycles. The SMILES string of the molecule is CCOC(=O)CCN1CCC2(CC1)CC(c1ccc(C(=N)N)cc1)=NO2.Cl. The fraction of sp³-hybridized carbons (Fsp3) is 0.526. The maximum Gasteiger partial charge on any atom is 0.307 e. The van der Waals surface area contributed by atoms with Crippen LogP contribution in [0, 0.1) is 5.41 Å². The van der Waals surface area contributed by atoms with Gasteiger partial charge in [-0.2, -0.15) is 0 Å². The zero-order valence-corrected chi connectivity index (χ0v) is 16.4. The first-order valence-electron chi connectivity index (χ1n) is 9.09. The molecule has 0 bridgehead atoms. The molecule has 1 aromatic carbocycles. The van der Waals surface area contributed by atoms with Crippen molar-refractivity contribution in [2.24, 2.45) is 10.9 Å². The first kappa shape index (κ1) is 21.2. The second kappa shape index (κ2) is 9.19. The van der Waals surface area contributed by atoms with E-state index < -0.39 is 0 Å². The summed E-state index contributed by atoms with van der Waals surface area (Å²) < 4.78 is 4.98. The molecule has 0 aliphatic carbocycles. The van der Waals surface area contributed by atoms with Gasteiger partial charge in [0.2, 0.25) is 0 Å². The van der Waals surface area contributed by atoms with Crippen LogP contribution in [0.1, 0.15) is 43.7 Å². The lowest BCUT2D eigenvalue weighted by Gasteiger charge is -2.37. The summed E-state index contributed by atoms with van der Waals surface area (Å²) in [7, 11) is 0. The van der Waals surface area contributed by atoms with Crippen LogP contribution in [-0.2, 0) is 14.4 Å². The molecular formula is C19H27ClN4O3. The molecule has 2 heterocycles. The van der Waals surface area contributed by atoms with Crippen LogP contribution in [0.3, 0.4) is 0 Å². The van der Waals surface area contributed by atoms with E-state index in [-0.39, 0.29) is 29.8 Å². The molecular weight excluding hydrogens is 368 g/mol. The number of oxime groups is 1. The van der Waals surface area contributed by atoms with E-state index in [4.69, 9.17) is 20.7 Å². The summed E-state index contributed by atoms with van der Waals surface area (Å²) in [4.78, 5) is 19.6. The summed E-state index contributed by atoms with van der Waals surface area (Å²) in [5.74, 6) is -0.0719. The summed E-state index contributed by atoms with van der Waals surface area (Å²) in [6.07, 6.45) is 3.02. The molecule has 1 spiro atoms. The number of nitrogens with one attached hydrogen (secondary N) is 1. The minimum absolute atomic E-state index is 0. The zero-order valence-electron chi connectivity index (χ0n) is 15.6. The first-order chi connectivity index (χ1) is 12.5. The van der Waals surface area contributed by atoms with Gasteiger partial charge in [0.05, 0.1) is 18.7 Å². The van der Waals surface area contributed by atoms with Crippen molar-refractivity contribution in [3.05, 3.63) is 35.4 Å². The molecule has 0 radical (unpaired) electrons. The first-order valence-corrected chi connectivity index (χ1v) is 9.09. The number of likely N-dealkylation sites (tertiary alicyclic amines) is 1. The van der Waals surface area contributed by atoms with Crippen LogP contribution in [0.2, 0.25) is 0 Å². The van der Waals surface area contributed by atoms with E-state index >= 15 is 0 Å². The Bertz CT molecular complexity index is 697. The van der Waals surface area contributed by atoms with E-state index in [1.807, 2.05) is 31.2 Å². The highest BCUT2D eigenvalue weighted by Crippen LogP contribution is 2.36. The number of hydrogen-bond acceptors (Lipinski definition) is 6. The Labute approximate surface area is 165 Å². The summed E-state index contributed by atoms with van der Waals surface area (Å²) in [5, 5.41) is 11.8. The number of nitrogens with zero attached hydrogens (tertiary/aromatic N) is 2. The van der Waals surface area contributed by atoms with Gasteiger partial charge in [0.25, 0.3) is 0 Å². The third-order valence-corrected chi connectivity index (χ3v) is 5.07. The number of rotatable bonds is 6. The van der Waals surface area contributed by atoms with Crippen LogP contribution < -0.4 is 5.73 Å². The Hall–Kier alpha value is -2.12. The molecule has 8 heteroatoms. The Morgan fingerprint density at radius 2 is 2.00 bits per heavy atom. The summed E-state index contributed by atoms with van der Waals surface area (Å²) >= 11 is 0. The molecule has 148 valence electrons. The maximum atomic E-state index is 11.5. The van der Waals surface area contributed by atoms with E-state index in [0.717, 1.165) is 50.2 Å². The second-order valence-electron chi connectivity index (χ2n) is 6.88. The largest absolute Gasteiger partial charge is 0.466 e. The fourth-order valence-electron chi connectivity index (χ4n) is 3.45. The number of nitrogen functional groups attached to an aromatic ring is 1. The van der Waals surface area contributed by atoms with Gasteiger partial charge in [-0.25, -0.2) is 0 Å². The van der Waals surface area contributed by atoms with Crippen molar-refractivity contribution < 1.29 is 14.4 Å². The molecule has 3 rings (SSSR count). The van der Waals surface area contributed by atoms with Crippen molar-refractivity contribution in [1.82, 2.24) is 4.90 Å². The van der Waals surface area contributed by atoms with Crippen molar-refractivity contribution in [2.75, 3.05) is 26.2 Å². The third-order valence-electron chi connectivity index (χ3n) is 5.07. The van der Waals surface area contributed by atoms with Crippen LogP contribution in [-0.4, -0.2) is 54.3 Å². The van der Waals surface area contributed by atoms with Crippen molar-refractivity contribution in [3.63, 3.8) is 0 Å². The standard InChI is InChI=1S/C19H26N4O3.ClH/c1-2-25-17(24)7-10-23-11-8-19(9-12-23)13-16(22-26-19)14-3-5-15(6-4-14)18(20)21;/h3-6H,2,7-13H2,1H3,(H3,20,21);1H. The normalized spacial score (nSPS) is 18.3. The average Bonchev–Trinajstić information content (AvgIpc) is 3.05. The van der Waals surface area contributed by atoms with E-state index in [9.17, 15) is 4.79 Å². The lowest BCUT2D eigenvalue weighted by atomic mass is 9.85. The Morgan fingerprint density at radius 1 is 1.33 bits per heavy atom. The Balaban J connectivity index is 0.00000261. The average molecular weight is 395 g/mol. The quantitative estimate of drug-likeness (QED) is 0.438. The van der Waals surface area contributed by atoms with E-state index in [1.165, 1.54) is 0 Å². The zero-order chi connectivity index (χ0) is 18.6. The Morgan fingerprint density at radius 3 is 2.59 bits per heavy atom. The minimum atomic E-state index is -0.227. The topological polar surface area (TPSA) is 101 Å². The summed E-state index contributed by atoms with van der Waals surface area (Å²) in [6, 6.07) is 7.55. The fourth-order valence-corrected chi connectivity index (χ4v) is 3.45. The predicted octanol–water partition coefficient (Wildman–Crippen LogP) is 2.30. The number of esters is 1. The number of hydrogen-bond donors (Lipinski definition) is 2. The lowest BCUT2D eigenvalue weighted by molar-refractivity contribution is -0.143. The van der Waals surface area contributed by atoms with Crippen LogP contribution >= 0.6 is 12.4 Å². The van der Waals surface area contributed by atoms with E-state index in [1.54, 1.807) is 0 Å². The van der Waals surface area contributed by atoms with E-state index in [2.05, 4.69) is 10.1 Å². The molecule has 7 nitrogen and oxygen atoms in total. The van der Waals surface area contributed by atoms with Gasteiger partial charge < -0.3 is 20.2 Å². The molecule has 27 heavy (non-hydrogen) atoms. The van der Waals surface area contributed by atoms with Crippen molar-refractivity contribution in [1.29, 1.82) is 5.41 Å². The highest BCUT2D eigenvalue weighted by atomic mass is 35.5. The molecule has 2 aliphatic rings. The predicted molar refractivity (Wildman–Crippen MR) is 107 cm³/mol. The third kappa shape index (κ3) is 5.20. The number of carbonyl (C=O) groups is 1. The molecule has 0 amide bonds. The van der Waals surface area contributed by atoms with Gasteiger partial charge in [0, 0.05) is 44.5 Å². The highest BCUT2D eigenvalue weighted by molar-refractivity contribution is 6.03. The number of halogens is 1. The monoisotopic (exact) mass is 394 g/mol. The molecule has 0 saturated carbocycles. The van der Waals surface area contributed by atoms with Gasteiger partial charge in [0.1, 0.15) is 11.4 Å². The van der Waals surface area contributed by atoms with Gasteiger partial charge in [-0.1, -0.05) is 29.4 Å². The molecule has 1 saturated heterocycles. The van der Waals surface area contributed by atoms with Gasteiger partial charge in [0.15, 0.2) is 0 Å². The summed E-state index contributed by atoms with van der Waals surface area (Å²) in [5.41, 5.74) is 7.93. The van der Waals surface area contributed by atoms with Crippen molar-refractivity contribution in [3.8, 4) is 0 Å². The minimum Gasteiger partial charge on any atom is -0.466 e. The van der Waals surface area contributed by atoms with Gasteiger partial charge in [-0.15, -0.1) is 12.4 Å². The number of nitrogens with two attached hydrogens (primary N) is 1. The second-order valence-corrected chi connectivity index (χ2v) is 6.88. The van der Waals surface area contributed by atoms with Gasteiger partial charge in [-0.3, -0.25) is 10.2 Å². The smallest absolute Gasteiger partial charge is 0.307 e. The van der Waals surface area contributed by atoms with Crippen LogP contribution in [0.25, 0.3) is 0 Å². The molecule has 0 unspecified atom stereocenters.